The molecule has 4 rings (SSSR count). The van der Waals surface area contributed by atoms with Gasteiger partial charge in [0.1, 0.15) is 0 Å². The molecule has 1 aliphatic heterocycles. The van der Waals surface area contributed by atoms with Gasteiger partial charge in [-0.1, -0.05) is 36.4 Å². The highest BCUT2D eigenvalue weighted by molar-refractivity contribution is 5.95. The SMILES string of the molecule is C[C@H]1CN(C(=O)c2ccc(C=Cc3n[nH]c4ccccc34)cc2)CCN1. The molecule has 1 saturated heterocycles. The van der Waals surface area contributed by atoms with Crippen LogP contribution in [0.25, 0.3) is 23.1 Å². The first kappa shape index (κ1) is 16.5. The highest BCUT2D eigenvalue weighted by Gasteiger charge is 2.21. The van der Waals surface area contributed by atoms with Gasteiger partial charge in [0.2, 0.25) is 0 Å². The van der Waals surface area contributed by atoms with E-state index < -0.39 is 0 Å². The Bertz CT molecular complexity index is 942. The zero-order valence-corrected chi connectivity index (χ0v) is 14.8. The van der Waals surface area contributed by atoms with Gasteiger partial charge in [-0.3, -0.25) is 9.89 Å². The van der Waals surface area contributed by atoms with Crippen molar-refractivity contribution in [3.63, 3.8) is 0 Å². The molecule has 3 aromatic rings. The van der Waals surface area contributed by atoms with Crippen LogP contribution in [0, 0.1) is 0 Å². The third-order valence-corrected chi connectivity index (χ3v) is 4.75. The number of aromatic amines is 1. The summed E-state index contributed by atoms with van der Waals surface area (Å²) in [7, 11) is 0. The number of carbonyl (C=O) groups is 1. The van der Waals surface area contributed by atoms with Crippen molar-refractivity contribution in [3.8, 4) is 0 Å². The summed E-state index contributed by atoms with van der Waals surface area (Å²) in [5, 5.41) is 11.8. The number of fused-ring (bicyclic) bond motifs is 1. The lowest BCUT2D eigenvalue weighted by Crippen LogP contribution is -2.51. The summed E-state index contributed by atoms with van der Waals surface area (Å²) >= 11 is 0. The maximum Gasteiger partial charge on any atom is 0.253 e. The Labute approximate surface area is 152 Å². The predicted octanol–water partition coefficient (Wildman–Crippen LogP) is 3.17. The summed E-state index contributed by atoms with van der Waals surface area (Å²) < 4.78 is 0. The molecule has 26 heavy (non-hydrogen) atoms. The number of para-hydroxylation sites is 1. The largest absolute Gasteiger partial charge is 0.336 e. The van der Waals surface area contributed by atoms with Crippen LogP contribution >= 0.6 is 0 Å². The molecule has 1 amide bonds. The highest BCUT2D eigenvalue weighted by Crippen LogP contribution is 2.18. The lowest BCUT2D eigenvalue weighted by molar-refractivity contribution is 0.0709. The fourth-order valence-corrected chi connectivity index (χ4v) is 3.32. The lowest BCUT2D eigenvalue weighted by Gasteiger charge is -2.32. The normalized spacial score (nSPS) is 17.9. The van der Waals surface area contributed by atoms with Gasteiger partial charge in [-0.2, -0.15) is 5.10 Å². The number of nitrogens with one attached hydrogen (secondary N) is 2. The van der Waals surface area contributed by atoms with Crippen molar-refractivity contribution in [2.75, 3.05) is 19.6 Å². The minimum atomic E-state index is 0.104. The molecule has 0 spiro atoms. The molecule has 2 N–H and O–H groups in total. The lowest BCUT2D eigenvalue weighted by atomic mass is 10.1. The Morgan fingerprint density at radius 3 is 2.77 bits per heavy atom. The van der Waals surface area contributed by atoms with Crippen molar-refractivity contribution in [1.29, 1.82) is 0 Å². The van der Waals surface area contributed by atoms with Crippen molar-refractivity contribution in [2.24, 2.45) is 0 Å². The first-order valence-electron chi connectivity index (χ1n) is 8.94. The Kier molecular flexibility index (Phi) is 4.54. The number of rotatable bonds is 3. The molecule has 5 nitrogen and oxygen atoms in total. The zero-order chi connectivity index (χ0) is 17.9. The smallest absolute Gasteiger partial charge is 0.253 e. The van der Waals surface area contributed by atoms with Crippen molar-refractivity contribution < 1.29 is 4.79 Å². The number of carbonyl (C=O) groups excluding carboxylic acids is 1. The number of piperazine rings is 1. The van der Waals surface area contributed by atoms with Crippen molar-refractivity contribution in [2.45, 2.75) is 13.0 Å². The number of hydrogen-bond acceptors (Lipinski definition) is 3. The predicted molar refractivity (Wildman–Crippen MR) is 105 cm³/mol. The molecule has 0 unspecified atom stereocenters. The van der Waals surface area contributed by atoms with E-state index in [9.17, 15) is 4.79 Å². The molecule has 0 saturated carbocycles. The van der Waals surface area contributed by atoms with Gasteiger partial charge in [0.15, 0.2) is 0 Å². The Morgan fingerprint density at radius 1 is 1.15 bits per heavy atom. The van der Waals surface area contributed by atoms with Gasteiger partial charge in [0.25, 0.3) is 5.91 Å². The molecule has 0 bridgehead atoms. The molecule has 5 heteroatoms. The molecule has 2 heterocycles. The minimum Gasteiger partial charge on any atom is -0.336 e. The number of nitrogens with zero attached hydrogens (tertiary/aromatic N) is 2. The Balaban J connectivity index is 1.48. The van der Waals surface area contributed by atoms with Crippen LogP contribution in [0.5, 0.6) is 0 Å². The van der Waals surface area contributed by atoms with Gasteiger partial charge < -0.3 is 10.2 Å². The average molecular weight is 346 g/mol. The molecule has 1 fully saturated rings. The molecule has 1 atom stereocenters. The molecular weight excluding hydrogens is 324 g/mol. The summed E-state index contributed by atoms with van der Waals surface area (Å²) in [6.45, 7) is 4.47. The maximum atomic E-state index is 12.6. The second kappa shape index (κ2) is 7.14. The Hall–Kier alpha value is -2.92. The van der Waals surface area contributed by atoms with E-state index in [1.165, 1.54) is 0 Å². The number of benzene rings is 2. The summed E-state index contributed by atoms with van der Waals surface area (Å²) in [5.74, 6) is 0.104. The van der Waals surface area contributed by atoms with Crippen molar-refractivity contribution >= 4 is 29.0 Å². The summed E-state index contributed by atoms with van der Waals surface area (Å²) in [5.41, 5.74) is 3.72. The van der Waals surface area contributed by atoms with Gasteiger partial charge >= 0.3 is 0 Å². The minimum absolute atomic E-state index is 0.104. The highest BCUT2D eigenvalue weighted by atomic mass is 16.2. The fourth-order valence-electron chi connectivity index (χ4n) is 3.32. The van der Waals surface area contributed by atoms with E-state index in [0.717, 1.165) is 47.4 Å². The fraction of sp³-hybridized carbons (Fsp3) is 0.238. The van der Waals surface area contributed by atoms with Crippen LogP contribution in [0.2, 0.25) is 0 Å². The standard InChI is InChI=1S/C21H22N4O/c1-15-14-25(13-12-22-15)21(26)17-9-6-16(7-10-17)8-11-20-18-4-2-3-5-19(18)23-24-20/h2-11,15,22H,12-14H2,1H3,(H,23,24)/t15-/m0/s1. The molecule has 1 aromatic heterocycles. The van der Waals surface area contributed by atoms with Crippen LogP contribution in [0.4, 0.5) is 0 Å². The molecule has 2 aromatic carbocycles. The van der Waals surface area contributed by atoms with Crippen LogP contribution in [-0.2, 0) is 0 Å². The van der Waals surface area contributed by atoms with Crippen molar-refractivity contribution in [1.82, 2.24) is 20.4 Å². The zero-order valence-electron chi connectivity index (χ0n) is 14.8. The molecule has 0 aliphatic carbocycles. The van der Waals surface area contributed by atoms with E-state index in [4.69, 9.17) is 0 Å². The van der Waals surface area contributed by atoms with Gasteiger partial charge in [-0.25, -0.2) is 0 Å². The molecule has 132 valence electrons. The number of amides is 1. The van der Waals surface area contributed by atoms with E-state index in [-0.39, 0.29) is 5.91 Å². The number of H-pyrrole nitrogens is 1. The average Bonchev–Trinajstić information content (AvgIpc) is 3.09. The van der Waals surface area contributed by atoms with E-state index >= 15 is 0 Å². The first-order chi connectivity index (χ1) is 12.7. The maximum absolute atomic E-state index is 12.6. The van der Waals surface area contributed by atoms with Gasteiger partial charge in [-0.15, -0.1) is 0 Å². The first-order valence-corrected chi connectivity index (χ1v) is 8.94. The van der Waals surface area contributed by atoms with E-state index in [1.807, 2.05) is 59.5 Å². The second-order valence-corrected chi connectivity index (χ2v) is 6.72. The van der Waals surface area contributed by atoms with Crippen LogP contribution < -0.4 is 5.32 Å². The monoisotopic (exact) mass is 346 g/mol. The van der Waals surface area contributed by atoms with E-state index in [2.05, 4.69) is 28.5 Å². The van der Waals surface area contributed by atoms with Crippen LogP contribution in [0.3, 0.4) is 0 Å². The summed E-state index contributed by atoms with van der Waals surface area (Å²) in [4.78, 5) is 14.5. The number of aromatic nitrogens is 2. The van der Waals surface area contributed by atoms with Crippen LogP contribution in [0.15, 0.2) is 48.5 Å². The quantitative estimate of drug-likeness (QED) is 0.766. The second-order valence-electron chi connectivity index (χ2n) is 6.72. The van der Waals surface area contributed by atoms with Gasteiger partial charge in [0.05, 0.1) is 11.2 Å². The molecule has 1 aliphatic rings. The van der Waals surface area contributed by atoms with Crippen LogP contribution in [-0.4, -0.2) is 46.7 Å². The summed E-state index contributed by atoms with van der Waals surface area (Å²) in [6.07, 6.45) is 4.01. The van der Waals surface area contributed by atoms with E-state index in [1.54, 1.807) is 0 Å². The van der Waals surface area contributed by atoms with Crippen LogP contribution in [0.1, 0.15) is 28.5 Å². The Morgan fingerprint density at radius 2 is 1.96 bits per heavy atom. The molecule has 0 radical (unpaired) electrons. The van der Waals surface area contributed by atoms with Crippen molar-refractivity contribution in [3.05, 3.63) is 65.4 Å². The van der Waals surface area contributed by atoms with Gasteiger partial charge in [-0.05, 0) is 36.8 Å². The summed E-state index contributed by atoms with van der Waals surface area (Å²) in [6, 6.07) is 16.2. The number of hydrogen-bond donors (Lipinski definition) is 2. The van der Waals surface area contributed by atoms with E-state index in [0.29, 0.717) is 6.04 Å². The third-order valence-electron chi connectivity index (χ3n) is 4.75. The third kappa shape index (κ3) is 3.39. The van der Waals surface area contributed by atoms with Gasteiger partial charge in [0, 0.05) is 36.6 Å². The molecular formula is C21H22N4O. The topological polar surface area (TPSA) is 61.0 Å².